The second kappa shape index (κ2) is 6.18. The maximum atomic E-state index is 12.0. The predicted octanol–water partition coefficient (Wildman–Crippen LogP) is 2.02. The molecule has 1 saturated heterocycles. The fourth-order valence-electron chi connectivity index (χ4n) is 2.33. The molecule has 1 aliphatic heterocycles. The summed E-state index contributed by atoms with van der Waals surface area (Å²) in [4.78, 5) is 29.6. The zero-order valence-electron chi connectivity index (χ0n) is 11.7. The average Bonchev–Trinajstić information content (AvgIpc) is 3.23. The van der Waals surface area contributed by atoms with Crippen LogP contribution in [-0.4, -0.2) is 40.1 Å². The molecule has 0 radical (unpaired) electrons. The van der Waals surface area contributed by atoms with Crippen molar-refractivity contribution in [1.29, 1.82) is 0 Å². The van der Waals surface area contributed by atoms with Gasteiger partial charge in [0.2, 0.25) is 5.89 Å². The zero-order chi connectivity index (χ0) is 15.5. The Hall–Kier alpha value is -2.35. The lowest BCUT2D eigenvalue weighted by molar-refractivity contribution is -0.141. The summed E-state index contributed by atoms with van der Waals surface area (Å²) in [6.45, 7) is 0.963. The van der Waals surface area contributed by atoms with Crippen LogP contribution in [0.4, 0.5) is 4.79 Å². The Bertz CT molecular complexity index is 667. The molecule has 7 nitrogen and oxygen atoms in total. The molecule has 116 valence electrons. The number of hydrogen-bond donors (Lipinski definition) is 2. The second-order valence-electron chi connectivity index (χ2n) is 5.05. The van der Waals surface area contributed by atoms with Crippen molar-refractivity contribution in [2.45, 2.75) is 13.0 Å². The van der Waals surface area contributed by atoms with Crippen molar-refractivity contribution >= 4 is 23.3 Å². The minimum Gasteiger partial charge on any atom is -0.481 e. The number of likely N-dealkylation sites (tertiary alicyclic amines) is 1. The standard InChI is InChI=1S/C14H15N3O4S/c18-13(19)9-3-4-17(7-9)14(20)15-6-10-8-21-12(16-10)11-2-1-5-22-11/h1-2,5,8-9H,3-4,6-7H2,(H,15,20)(H,18,19). The number of carboxylic acid groups (broad SMARTS) is 1. The smallest absolute Gasteiger partial charge is 0.317 e. The van der Waals surface area contributed by atoms with E-state index in [4.69, 9.17) is 9.52 Å². The van der Waals surface area contributed by atoms with Gasteiger partial charge in [0, 0.05) is 13.1 Å². The van der Waals surface area contributed by atoms with E-state index in [-0.39, 0.29) is 19.1 Å². The summed E-state index contributed by atoms with van der Waals surface area (Å²) in [5.41, 5.74) is 0.630. The van der Waals surface area contributed by atoms with Crippen molar-refractivity contribution in [1.82, 2.24) is 15.2 Å². The van der Waals surface area contributed by atoms with Crippen LogP contribution in [0.5, 0.6) is 0 Å². The molecule has 1 unspecified atom stereocenters. The molecule has 1 atom stereocenters. The average molecular weight is 321 g/mol. The van der Waals surface area contributed by atoms with Gasteiger partial charge in [-0.05, 0) is 17.9 Å². The van der Waals surface area contributed by atoms with Gasteiger partial charge in [0.05, 0.1) is 23.0 Å². The van der Waals surface area contributed by atoms with E-state index >= 15 is 0 Å². The number of oxazole rings is 1. The zero-order valence-corrected chi connectivity index (χ0v) is 12.5. The Morgan fingerprint density at radius 2 is 2.41 bits per heavy atom. The Labute approximate surface area is 130 Å². The summed E-state index contributed by atoms with van der Waals surface area (Å²) in [6, 6.07) is 3.55. The van der Waals surface area contributed by atoms with Gasteiger partial charge in [-0.1, -0.05) is 6.07 Å². The summed E-state index contributed by atoms with van der Waals surface area (Å²) in [5.74, 6) is -0.790. The van der Waals surface area contributed by atoms with E-state index in [1.807, 2.05) is 17.5 Å². The summed E-state index contributed by atoms with van der Waals surface area (Å²) in [5, 5.41) is 13.6. The molecule has 0 aromatic carbocycles. The number of amides is 2. The summed E-state index contributed by atoms with van der Waals surface area (Å²) >= 11 is 1.53. The van der Waals surface area contributed by atoms with Crippen LogP contribution in [0.3, 0.4) is 0 Å². The highest BCUT2D eigenvalue weighted by atomic mass is 32.1. The SMILES string of the molecule is O=C(O)C1CCN(C(=O)NCc2coc(-c3cccs3)n2)C1. The number of hydrogen-bond acceptors (Lipinski definition) is 5. The minimum absolute atomic E-state index is 0.250. The van der Waals surface area contributed by atoms with Gasteiger partial charge >= 0.3 is 12.0 Å². The minimum atomic E-state index is -0.854. The van der Waals surface area contributed by atoms with E-state index < -0.39 is 11.9 Å². The first-order valence-corrected chi connectivity index (χ1v) is 7.75. The predicted molar refractivity (Wildman–Crippen MR) is 79.4 cm³/mol. The number of aliphatic carboxylic acids is 1. The van der Waals surface area contributed by atoms with Crippen LogP contribution in [0.25, 0.3) is 10.8 Å². The van der Waals surface area contributed by atoms with Crippen LogP contribution in [0, 0.1) is 5.92 Å². The van der Waals surface area contributed by atoms with Crippen LogP contribution in [-0.2, 0) is 11.3 Å². The van der Waals surface area contributed by atoms with Crippen molar-refractivity contribution in [3.8, 4) is 10.8 Å². The third-order valence-electron chi connectivity index (χ3n) is 3.53. The maximum Gasteiger partial charge on any atom is 0.317 e. The number of thiophene rings is 1. The molecule has 0 bridgehead atoms. The molecular weight excluding hydrogens is 306 g/mol. The molecular formula is C14H15N3O4S. The summed E-state index contributed by atoms with van der Waals surface area (Å²) in [6.07, 6.45) is 2.01. The maximum absolute atomic E-state index is 12.0. The van der Waals surface area contributed by atoms with E-state index in [9.17, 15) is 9.59 Å². The number of aromatic nitrogens is 1. The fourth-order valence-corrected chi connectivity index (χ4v) is 2.98. The van der Waals surface area contributed by atoms with Gasteiger partial charge in [-0.3, -0.25) is 4.79 Å². The second-order valence-corrected chi connectivity index (χ2v) is 6.00. The van der Waals surface area contributed by atoms with E-state index in [1.165, 1.54) is 22.5 Å². The highest BCUT2D eigenvalue weighted by Crippen LogP contribution is 2.23. The van der Waals surface area contributed by atoms with Crippen LogP contribution in [0.1, 0.15) is 12.1 Å². The molecule has 22 heavy (non-hydrogen) atoms. The molecule has 2 aromatic heterocycles. The molecule has 2 amide bonds. The fraction of sp³-hybridized carbons (Fsp3) is 0.357. The van der Waals surface area contributed by atoms with E-state index in [2.05, 4.69) is 10.3 Å². The molecule has 8 heteroatoms. The normalized spacial score (nSPS) is 17.6. The van der Waals surface area contributed by atoms with Crippen LogP contribution in [0.15, 0.2) is 28.2 Å². The molecule has 3 heterocycles. The molecule has 0 aliphatic carbocycles. The topological polar surface area (TPSA) is 95.7 Å². The molecule has 0 spiro atoms. The van der Waals surface area contributed by atoms with Crippen LogP contribution < -0.4 is 5.32 Å². The quantitative estimate of drug-likeness (QED) is 0.898. The van der Waals surface area contributed by atoms with Gasteiger partial charge in [-0.25, -0.2) is 9.78 Å². The molecule has 1 fully saturated rings. The first kappa shape index (κ1) is 14.6. The Balaban J connectivity index is 1.52. The van der Waals surface area contributed by atoms with E-state index in [0.29, 0.717) is 24.6 Å². The van der Waals surface area contributed by atoms with Crippen molar-refractivity contribution < 1.29 is 19.1 Å². The summed E-state index contributed by atoms with van der Waals surface area (Å²) in [7, 11) is 0. The lowest BCUT2D eigenvalue weighted by atomic mass is 10.1. The van der Waals surface area contributed by atoms with Gasteiger partial charge < -0.3 is 19.7 Å². The lowest BCUT2D eigenvalue weighted by Crippen LogP contribution is -2.38. The molecule has 2 N–H and O–H groups in total. The number of nitrogens with zero attached hydrogens (tertiary/aromatic N) is 2. The van der Waals surface area contributed by atoms with Crippen molar-refractivity contribution in [3.05, 3.63) is 29.5 Å². The Morgan fingerprint density at radius 3 is 3.09 bits per heavy atom. The monoisotopic (exact) mass is 321 g/mol. The lowest BCUT2D eigenvalue weighted by Gasteiger charge is -2.15. The number of carbonyl (C=O) groups excluding carboxylic acids is 1. The van der Waals surface area contributed by atoms with Gasteiger partial charge in [0.25, 0.3) is 0 Å². The number of rotatable bonds is 4. The van der Waals surface area contributed by atoms with Crippen molar-refractivity contribution in [3.63, 3.8) is 0 Å². The van der Waals surface area contributed by atoms with Gasteiger partial charge in [-0.15, -0.1) is 11.3 Å². The van der Waals surface area contributed by atoms with Crippen LogP contribution in [0.2, 0.25) is 0 Å². The number of urea groups is 1. The number of nitrogens with one attached hydrogen (secondary N) is 1. The number of carboxylic acids is 1. The third-order valence-corrected chi connectivity index (χ3v) is 4.39. The first-order valence-electron chi connectivity index (χ1n) is 6.87. The van der Waals surface area contributed by atoms with Crippen LogP contribution >= 0.6 is 11.3 Å². The number of carbonyl (C=O) groups is 2. The first-order chi connectivity index (χ1) is 10.6. The van der Waals surface area contributed by atoms with Crippen molar-refractivity contribution in [2.24, 2.45) is 5.92 Å². The Kier molecular flexibility index (Phi) is 4.10. The highest BCUT2D eigenvalue weighted by Gasteiger charge is 2.30. The van der Waals surface area contributed by atoms with Crippen molar-refractivity contribution in [2.75, 3.05) is 13.1 Å². The molecule has 3 rings (SSSR count). The summed E-state index contributed by atoms with van der Waals surface area (Å²) < 4.78 is 5.37. The largest absolute Gasteiger partial charge is 0.481 e. The third kappa shape index (κ3) is 3.11. The van der Waals surface area contributed by atoms with E-state index in [1.54, 1.807) is 0 Å². The Morgan fingerprint density at radius 1 is 1.55 bits per heavy atom. The van der Waals surface area contributed by atoms with E-state index in [0.717, 1.165) is 4.88 Å². The molecule has 2 aromatic rings. The van der Waals surface area contributed by atoms with Gasteiger partial charge in [0.15, 0.2) is 0 Å². The molecule has 1 aliphatic rings. The molecule has 0 saturated carbocycles. The van der Waals surface area contributed by atoms with Gasteiger partial charge in [0.1, 0.15) is 6.26 Å². The van der Waals surface area contributed by atoms with Gasteiger partial charge in [-0.2, -0.15) is 0 Å². The highest BCUT2D eigenvalue weighted by molar-refractivity contribution is 7.13.